The van der Waals surface area contributed by atoms with Crippen molar-refractivity contribution in [3.05, 3.63) is 39.4 Å². The molecular weight excluding hydrogens is 168 g/mol. The van der Waals surface area contributed by atoms with Gasteiger partial charge in [-0.1, -0.05) is 12.1 Å². The summed E-state index contributed by atoms with van der Waals surface area (Å²) in [5, 5.41) is 13.8. The summed E-state index contributed by atoms with van der Waals surface area (Å²) in [5.74, 6) is 0. The van der Waals surface area contributed by atoms with Gasteiger partial charge in [-0.3, -0.25) is 10.1 Å². The topological polar surface area (TPSA) is 55.2 Å². The highest BCUT2D eigenvalue weighted by Crippen LogP contribution is 2.31. The first kappa shape index (κ1) is 8.19. The van der Waals surface area contributed by atoms with Crippen LogP contribution in [0.5, 0.6) is 0 Å². The number of nitro groups is 1. The van der Waals surface area contributed by atoms with E-state index in [2.05, 4.69) is 5.32 Å². The van der Waals surface area contributed by atoms with E-state index in [9.17, 15) is 10.1 Å². The van der Waals surface area contributed by atoms with E-state index in [1.165, 1.54) is 0 Å². The molecule has 0 amide bonds. The van der Waals surface area contributed by atoms with Crippen LogP contribution in [0.4, 0.5) is 5.69 Å². The zero-order chi connectivity index (χ0) is 9.42. The summed E-state index contributed by atoms with van der Waals surface area (Å²) < 4.78 is 0. The van der Waals surface area contributed by atoms with Crippen LogP contribution < -0.4 is 5.32 Å². The molecule has 13 heavy (non-hydrogen) atoms. The summed E-state index contributed by atoms with van der Waals surface area (Å²) in [6.07, 6.45) is 0. The Kier molecular flexibility index (Phi) is 1.77. The van der Waals surface area contributed by atoms with Gasteiger partial charge in [-0.05, 0) is 12.5 Å². The van der Waals surface area contributed by atoms with Crippen molar-refractivity contribution in [2.75, 3.05) is 0 Å². The van der Waals surface area contributed by atoms with Crippen molar-refractivity contribution >= 4 is 5.69 Å². The predicted molar refractivity (Wildman–Crippen MR) is 48.4 cm³/mol. The van der Waals surface area contributed by atoms with Crippen LogP contribution in [0.1, 0.15) is 24.1 Å². The van der Waals surface area contributed by atoms with Gasteiger partial charge in [-0.25, -0.2) is 0 Å². The molecule has 0 aromatic heterocycles. The molecule has 1 aromatic rings. The minimum atomic E-state index is -0.321. The van der Waals surface area contributed by atoms with Crippen LogP contribution in [-0.4, -0.2) is 4.92 Å². The standard InChI is InChI=1S/C9H10N2O2/c1-6-7-3-2-4-9(11(12)13)8(7)5-10-6/h2-4,6,10H,5H2,1H3/t6-/m0/s1. The summed E-state index contributed by atoms with van der Waals surface area (Å²) in [5.41, 5.74) is 2.11. The Balaban J connectivity index is 2.57. The highest BCUT2D eigenvalue weighted by Gasteiger charge is 2.25. The van der Waals surface area contributed by atoms with Crippen molar-refractivity contribution < 1.29 is 4.92 Å². The normalized spacial score (nSPS) is 19.9. The number of benzene rings is 1. The van der Waals surface area contributed by atoms with Gasteiger partial charge in [0, 0.05) is 24.2 Å². The van der Waals surface area contributed by atoms with Crippen LogP contribution in [0.3, 0.4) is 0 Å². The smallest absolute Gasteiger partial charge is 0.274 e. The second kappa shape index (κ2) is 2.81. The van der Waals surface area contributed by atoms with E-state index in [0.717, 1.165) is 11.1 Å². The molecule has 1 heterocycles. The maximum absolute atomic E-state index is 10.6. The second-order valence-corrected chi connectivity index (χ2v) is 3.20. The molecule has 1 aliphatic rings. The minimum absolute atomic E-state index is 0.231. The summed E-state index contributed by atoms with van der Waals surface area (Å²) in [6, 6.07) is 5.46. The summed E-state index contributed by atoms with van der Waals surface area (Å²) in [6.45, 7) is 2.61. The first-order valence-corrected chi connectivity index (χ1v) is 4.19. The number of nitrogens with one attached hydrogen (secondary N) is 1. The van der Waals surface area contributed by atoms with E-state index in [1.54, 1.807) is 12.1 Å². The monoisotopic (exact) mass is 178 g/mol. The summed E-state index contributed by atoms with van der Waals surface area (Å²) in [4.78, 5) is 10.3. The van der Waals surface area contributed by atoms with Crippen LogP contribution in [-0.2, 0) is 6.54 Å². The highest BCUT2D eigenvalue weighted by atomic mass is 16.6. The zero-order valence-electron chi connectivity index (χ0n) is 7.28. The molecule has 0 unspecified atom stereocenters. The Bertz CT molecular complexity index is 363. The summed E-state index contributed by atoms with van der Waals surface area (Å²) >= 11 is 0. The molecule has 4 nitrogen and oxygen atoms in total. The third kappa shape index (κ3) is 1.19. The van der Waals surface area contributed by atoms with Crippen molar-refractivity contribution in [2.45, 2.75) is 19.5 Å². The van der Waals surface area contributed by atoms with Gasteiger partial charge in [0.15, 0.2) is 0 Å². The molecule has 0 spiro atoms. The minimum Gasteiger partial charge on any atom is -0.306 e. The van der Waals surface area contributed by atoms with Crippen molar-refractivity contribution in [3.63, 3.8) is 0 Å². The lowest BCUT2D eigenvalue weighted by molar-refractivity contribution is -0.385. The third-order valence-corrected chi connectivity index (χ3v) is 2.44. The van der Waals surface area contributed by atoms with Crippen LogP contribution >= 0.6 is 0 Å². The number of nitrogens with zero attached hydrogens (tertiary/aromatic N) is 1. The van der Waals surface area contributed by atoms with Crippen molar-refractivity contribution in [1.82, 2.24) is 5.32 Å². The number of rotatable bonds is 1. The molecule has 1 aliphatic heterocycles. The van der Waals surface area contributed by atoms with E-state index < -0.39 is 0 Å². The fourth-order valence-corrected chi connectivity index (χ4v) is 1.73. The molecule has 0 saturated heterocycles. The lowest BCUT2D eigenvalue weighted by atomic mass is 10.0. The van der Waals surface area contributed by atoms with Crippen molar-refractivity contribution in [3.8, 4) is 0 Å². The van der Waals surface area contributed by atoms with E-state index >= 15 is 0 Å². The fraction of sp³-hybridized carbons (Fsp3) is 0.333. The van der Waals surface area contributed by atoms with Crippen LogP contribution in [0.15, 0.2) is 18.2 Å². The molecule has 1 atom stereocenters. The number of hydrogen-bond donors (Lipinski definition) is 1. The Labute approximate surface area is 75.7 Å². The Morgan fingerprint density at radius 3 is 3.08 bits per heavy atom. The molecule has 2 rings (SSSR count). The van der Waals surface area contributed by atoms with Gasteiger partial charge in [0.25, 0.3) is 5.69 Å². The Hall–Kier alpha value is -1.42. The first-order valence-electron chi connectivity index (χ1n) is 4.19. The van der Waals surface area contributed by atoms with Gasteiger partial charge in [0.2, 0.25) is 0 Å². The lowest BCUT2D eigenvalue weighted by Crippen LogP contribution is -2.07. The van der Waals surface area contributed by atoms with E-state index in [0.29, 0.717) is 6.54 Å². The Morgan fingerprint density at radius 1 is 1.62 bits per heavy atom. The predicted octanol–water partition coefficient (Wildman–Crippen LogP) is 1.76. The largest absolute Gasteiger partial charge is 0.306 e. The van der Waals surface area contributed by atoms with Crippen LogP contribution in [0.25, 0.3) is 0 Å². The summed E-state index contributed by atoms with van der Waals surface area (Å²) in [7, 11) is 0. The molecule has 0 aliphatic carbocycles. The lowest BCUT2D eigenvalue weighted by Gasteiger charge is -2.02. The molecule has 4 heteroatoms. The molecule has 1 N–H and O–H groups in total. The molecule has 68 valence electrons. The van der Waals surface area contributed by atoms with Gasteiger partial charge in [-0.15, -0.1) is 0 Å². The molecule has 0 fully saturated rings. The van der Waals surface area contributed by atoms with Gasteiger partial charge in [0.05, 0.1) is 4.92 Å². The first-order chi connectivity index (χ1) is 6.20. The van der Waals surface area contributed by atoms with Crippen LogP contribution in [0, 0.1) is 10.1 Å². The van der Waals surface area contributed by atoms with E-state index in [4.69, 9.17) is 0 Å². The van der Waals surface area contributed by atoms with Crippen LogP contribution in [0.2, 0.25) is 0 Å². The Morgan fingerprint density at radius 2 is 2.38 bits per heavy atom. The maximum Gasteiger partial charge on any atom is 0.274 e. The van der Waals surface area contributed by atoms with Crippen molar-refractivity contribution in [1.29, 1.82) is 0 Å². The molecule has 0 radical (unpaired) electrons. The van der Waals surface area contributed by atoms with Gasteiger partial charge >= 0.3 is 0 Å². The average Bonchev–Trinajstić information content (AvgIpc) is 2.48. The highest BCUT2D eigenvalue weighted by molar-refractivity contribution is 5.48. The van der Waals surface area contributed by atoms with Gasteiger partial charge in [-0.2, -0.15) is 0 Å². The van der Waals surface area contributed by atoms with E-state index in [-0.39, 0.29) is 16.7 Å². The van der Waals surface area contributed by atoms with Gasteiger partial charge < -0.3 is 5.32 Å². The van der Waals surface area contributed by atoms with E-state index in [1.807, 2.05) is 13.0 Å². The number of nitro benzene ring substituents is 1. The van der Waals surface area contributed by atoms with Gasteiger partial charge in [0.1, 0.15) is 0 Å². The molecule has 1 aromatic carbocycles. The number of fused-ring (bicyclic) bond motifs is 1. The average molecular weight is 178 g/mol. The SMILES string of the molecule is C[C@@H]1NCc2c1cccc2[N+](=O)[O-]. The zero-order valence-corrected chi connectivity index (χ0v) is 7.28. The number of hydrogen-bond acceptors (Lipinski definition) is 3. The molecule has 0 bridgehead atoms. The van der Waals surface area contributed by atoms with Crippen molar-refractivity contribution in [2.24, 2.45) is 0 Å². The third-order valence-electron chi connectivity index (χ3n) is 2.44. The fourth-order valence-electron chi connectivity index (χ4n) is 1.73. The second-order valence-electron chi connectivity index (χ2n) is 3.20. The molecular formula is C9H10N2O2. The maximum atomic E-state index is 10.6. The quantitative estimate of drug-likeness (QED) is 0.526. The molecule has 0 saturated carbocycles.